The molecule has 0 atom stereocenters. The van der Waals surface area contributed by atoms with E-state index >= 15 is 0 Å². The number of hydrogen-bond donors (Lipinski definition) is 0. The minimum Gasteiger partial charge on any atom is -0.324 e. The lowest BCUT2D eigenvalue weighted by Crippen LogP contribution is -2.15. The highest BCUT2D eigenvalue weighted by Crippen LogP contribution is 2.33. The molecule has 0 saturated heterocycles. The molecule has 5 heteroatoms. The Morgan fingerprint density at radius 2 is 2.00 bits per heavy atom. The maximum atomic E-state index is 4.86. The Hall–Kier alpha value is -3.08. The van der Waals surface area contributed by atoms with Crippen LogP contribution >= 0.6 is 0 Å². The lowest BCUT2D eigenvalue weighted by Gasteiger charge is -2.18. The molecule has 2 aliphatic heterocycles. The standard InChI is InChI=1S/C20H17N5/c1-13-16-8-15(9-23-18(16)11-22-13)17-10-21-12-20(24-17)25-7-6-14-4-2-3-5-19(14)25/h2-5,8-10,12H,6-7,11H2,1H3. The minimum absolute atomic E-state index is 0.678. The maximum absolute atomic E-state index is 4.86. The van der Waals surface area contributed by atoms with E-state index in [1.165, 1.54) is 11.3 Å². The molecule has 1 aromatic carbocycles. The molecule has 2 aromatic heterocycles. The summed E-state index contributed by atoms with van der Waals surface area (Å²) >= 11 is 0. The van der Waals surface area contributed by atoms with Gasteiger partial charge in [0.1, 0.15) is 0 Å². The van der Waals surface area contributed by atoms with Gasteiger partial charge in [-0.1, -0.05) is 18.2 Å². The van der Waals surface area contributed by atoms with Crippen LogP contribution in [0.3, 0.4) is 0 Å². The maximum Gasteiger partial charge on any atom is 0.152 e. The first-order valence-corrected chi connectivity index (χ1v) is 8.48. The van der Waals surface area contributed by atoms with Crippen LogP contribution in [0.25, 0.3) is 11.3 Å². The van der Waals surface area contributed by atoms with Gasteiger partial charge in [0.2, 0.25) is 0 Å². The number of aromatic nitrogens is 3. The van der Waals surface area contributed by atoms with E-state index in [1.807, 2.05) is 19.3 Å². The lowest BCUT2D eigenvalue weighted by atomic mass is 10.1. The monoisotopic (exact) mass is 327 g/mol. The molecule has 25 heavy (non-hydrogen) atoms. The van der Waals surface area contributed by atoms with Crippen LogP contribution in [0, 0.1) is 0 Å². The van der Waals surface area contributed by atoms with Crippen LogP contribution in [0.2, 0.25) is 0 Å². The molecular formula is C20H17N5. The van der Waals surface area contributed by atoms with Gasteiger partial charge in [-0.3, -0.25) is 15.0 Å². The van der Waals surface area contributed by atoms with E-state index in [1.54, 1.807) is 6.20 Å². The largest absolute Gasteiger partial charge is 0.324 e. The average molecular weight is 327 g/mol. The molecule has 0 bridgehead atoms. The van der Waals surface area contributed by atoms with Gasteiger partial charge in [-0.05, 0) is 31.0 Å². The molecule has 0 spiro atoms. The van der Waals surface area contributed by atoms with Crippen molar-refractivity contribution in [3.63, 3.8) is 0 Å². The Kier molecular flexibility index (Phi) is 3.13. The predicted octanol–water partition coefficient (Wildman–Crippen LogP) is 3.56. The summed E-state index contributed by atoms with van der Waals surface area (Å²) in [6, 6.07) is 10.6. The van der Waals surface area contributed by atoms with Gasteiger partial charge in [-0.2, -0.15) is 0 Å². The predicted molar refractivity (Wildman–Crippen MR) is 98.3 cm³/mol. The van der Waals surface area contributed by atoms with Crippen LogP contribution in [-0.4, -0.2) is 27.2 Å². The third-order valence-electron chi connectivity index (χ3n) is 4.91. The van der Waals surface area contributed by atoms with E-state index in [-0.39, 0.29) is 0 Å². The summed E-state index contributed by atoms with van der Waals surface area (Å²) in [7, 11) is 0. The summed E-state index contributed by atoms with van der Waals surface area (Å²) in [5.41, 5.74) is 7.62. The number of para-hydroxylation sites is 1. The van der Waals surface area contributed by atoms with Gasteiger partial charge in [0, 0.05) is 35.3 Å². The third-order valence-corrected chi connectivity index (χ3v) is 4.91. The first kappa shape index (κ1) is 14.3. The molecule has 0 fully saturated rings. The highest BCUT2D eigenvalue weighted by molar-refractivity contribution is 6.02. The molecule has 3 aromatic rings. The number of pyridine rings is 1. The van der Waals surface area contributed by atoms with E-state index in [0.29, 0.717) is 6.54 Å². The van der Waals surface area contributed by atoms with Crippen LogP contribution in [0.5, 0.6) is 0 Å². The quantitative estimate of drug-likeness (QED) is 0.722. The number of anilines is 2. The molecule has 0 amide bonds. The van der Waals surface area contributed by atoms with E-state index in [0.717, 1.165) is 47.0 Å². The average Bonchev–Trinajstić information content (AvgIpc) is 3.26. The fourth-order valence-electron chi connectivity index (χ4n) is 3.55. The van der Waals surface area contributed by atoms with Crippen molar-refractivity contribution < 1.29 is 0 Å². The second-order valence-electron chi connectivity index (χ2n) is 6.41. The van der Waals surface area contributed by atoms with Crippen molar-refractivity contribution in [1.29, 1.82) is 0 Å². The first-order chi connectivity index (χ1) is 12.3. The SMILES string of the molecule is CC1=NCc2ncc(-c3cncc(N4CCc5ccccc54)n3)cc21. The summed E-state index contributed by atoms with van der Waals surface area (Å²) in [4.78, 5) is 20.5. The molecule has 0 radical (unpaired) electrons. The van der Waals surface area contributed by atoms with Crippen LogP contribution < -0.4 is 4.90 Å². The van der Waals surface area contributed by atoms with Gasteiger partial charge in [0.15, 0.2) is 5.82 Å². The summed E-state index contributed by atoms with van der Waals surface area (Å²) in [6.07, 6.45) is 6.55. The Balaban J connectivity index is 1.55. The van der Waals surface area contributed by atoms with Gasteiger partial charge in [0.05, 0.1) is 30.3 Å². The Bertz CT molecular complexity index is 1010. The smallest absolute Gasteiger partial charge is 0.152 e. The number of aliphatic imine (C=N–C) groups is 1. The zero-order chi connectivity index (χ0) is 16.8. The second-order valence-corrected chi connectivity index (χ2v) is 6.41. The number of rotatable bonds is 2. The molecule has 4 heterocycles. The van der Waals surface area contributed by atoms with E-state index in [9.17, 15) is 0 Å². The van der Waals surface area contributed by atoms with Gasteiger partial charge in [0.25, 0.3) is 0 Å². The summed E-state index contributed by atoms with van der Waals surface area (Å²) < 4.78 is 0. The van der Waals surface area contributed by atoms with Crippen molar-refractivity contribution in [3.05, 3.63) is 65.7 Å². The van der Waals surface area contributed by atoms with Crippen LogP contribution in [0.15, 0.2) is 53.9 Å². The van der Waals surface area contributed by atoms with E-state index in [2.05, 4.69) is 50.2 Å². The molecule has 0 saturated carbocycles. The third kappa shape index (κ3) is 2.31. The molecule has 0 aliphatic carbocycles. The van der Waals surface area contributed by atoms with Crippen LogP contribution in [-0.2, 0) is 13.0 Å². The van der Waals surface area contributed by atoms with Crippen LogP contribution in [0.4, 0.5) is 11.5 Å². The van der Waals surface area contributed by atoms with Crippen molar-refractivity contribution in [3.8, 4) is 11.3 Å². The van der Waals surface area contributed by atoms with Crippen LogP contribution in [0.1, 0.15) is 23.7 Å². The Labute approximate surface area is 146 Å². The molecule has 5 rings (SSSR count). The molecule has 0 unspecified atom stereocenters. The van der Waals surface area contributed by atoms with Gasteiger partial charge >= 0.3 is 0 Å². The van der Waals surface area contributed by atoms with Crippen molar-refractivity contribution >= 4 is 17.2 Å². The van der Waals surface area contributed by atoms with Gasteiger partial charge in [-0.25, -0.2) is 4.98 Å². The summed E-state index contributed by atoms with van der Waals surface area (Å²) in [6.45, 7) is 3.64. The summed E-state index contributed by atoms with van der Waals surface area (Å²) in [5, 5.41) is 0. The Morgan fingerprint density at radius 3 is 2.96 bits per heavy atom. The molecule has 2 aliphatic rings. The zero-order valence-corrected chi connectivity index (χ0v) is 14.0. The van der Waals surface area contributed by atoms with Crippen molar-refractivity contribution in [1.82, 2.24) is 15.0 Å². The highest BCUT2D eigenvalue weighted by Gasteiger charge is 2.22. The molecule has 122 valence electrons. The van der Waals surface area contributed by atoms with E-state index < -0.39 is 0 Å². The number of hydrogen-bond acceptors (Lipinski definition) is 5. The highest BCUT2D eigenvalue weighted by atomic mass is 15.2. The number of fused-ring (bicyclic) bond motifs is 2. The second kappa shape index (κ2) is 5.48. The van der Waals surface area contributed by atoms with Crippen molar-refractivity contribution in [2.75, 3.05) is 11.4 Å². The topological polar surface area (TPSA) is 54.3 Å². The number of benzene rings is 1. The molecular weight excluding hydrogens is 310 g/mol. The minimum atomic E-state index is 0.678. The van der Waals surface area contributed by atoms with Crippen molar-refractivity contribution in [2.24, 2.45) is 4.99 Å². The fourth-order valence-corrected chi connectivity index (χ4v) is 3.55. The zero-order valence-electron chi connectivity index (χ0n) is 14.0. The Morgan fingerprint density at radius 1 is 1.08 bits per heavy atom. The van der Waals surface area contributed by atoms with Gasteiger partial charge < -0.3 is 4.90 Å². The lowest BCUT2D eigenvalue weighted by molar-refractivity contribution is 0.965. The van der Waals surface area contributed by atoms with Crippen molar-refractivity contribution in [2.45, 2.75) is 19.9 Å². The molecule has 5 nitrogen and oxygen atoms in total. The summed E-state index contributed by atoms with van der Waals surface area (Å²) in [5.74, 6) is 0.883. The van der Waals surface area contributed by atoms with Gasteiger partial charge in [-0.15, -0.1) is 0 Å². The number of nitrogens with zero attached hydrogens (tertiary/aromatic N) is 5. The normalized spacial score (nSPS) is 15.1. The van der Waals surface area contributed by atoms with E-state index in [4.69, 9.17) is 4.98 Å². The first-order valence-electron chi connectivity index (χ1n) is 8.48. The molecule has 0 N–H and O–H groups in total. The fraction of sp³-hybridized carbons (Fsp3) is 0.200.